The number of carbonyl (C=O) groups is 1. The average molecular weight is 401 g/mol. The van der Waals surface area contributed by atoms with Gasteiger partial charge in [0.2, 0.25) is 0 Å². The fraction of sp³-hybridized carbons (Fsp3) is 0.174. The number of rotatable bonds is 4. The fourth-order valence-corrected chi connectivity index (χ4v) is 3.77. The topological polar surface area (TPSA) is 73.9 Å². The van der Waals surface area contributed by atoms with Crippen molar-refractivity contribution in [3.63, 3.8) is 0 Å². The van der Waals surface area contributed by atoms with Gasteiger partial charge in [-0.15, -0.1) is 0 Å². The molecule has 5 rings (SSSR count). The third-order valence-electron chi connectivity index (χ3n) is 5.40. The number of anilines is 1. The van der Waals surface area contributed by atoms with Gasteiger partial charge in [0.1, 0.15) is 17.3 Å². The quantitative estimate of drug-likeness (QED) is 0.513. The van der Waals surface area contributed by atoms with E-state index in [-0.39, 0.29) is 11.6 Å². The zero-order valence-electron chi connectivity index (χ0n) is 16.2. The number of pyridine rings is 2. The van der Waals surface area contributed by atoms with Gasteiger partial charge in [-0.3, -0.25) is 4.79 Å². The molecule has 0 amide bonds. The summed E-state index contributed by atoms with van der Waals surface area (Å²) < 4.78 is 13.2. The van der Waals surface area contributed by atoms with Gasteiger partial charge in [0.05, 0.1) is 0 Å². The number of H-pyrrole nitrogens is 1. The molecule has 0 unspecified atom stereocenters. The van der Waals surface area contributed by atoms with E-state index in [0.29, 0.717) is 16.8 Å². The number of nitrogens with zero attached hydrogens (tertiary/aromatic N) is 3. The number of carbonyl (C=O) groups excluding carboxylic acids is 1. The molecular weight excluding hydrogens is 381 g/mol. The summed E-state index contributed by atoms with van der Waals surface area (Å²) in [5.41, 5.74) is 3.50. The zero-order valence-corrected chi connectivity index (χ0v) is 16.2. The van der Waals surface area contributed by atoms with E-state index in [0.717, 1.165) is 48.5 Å². The SMILES string of the molecule is O=C(c1ccc(F)cc1)c1c[nH]c2ncc(-c3ccnc(N4CCNCC4)c3)cc12. The number of hydrogen-bond acceptors (Lipinski definition) is 5. The van der Waals surface area contributed by atoms with E-state index in [1.54, 1.807) is 18.6 Å². The number of benzene rings is 1. The van der Waals surface area contributed by atoms with E-state index < -0.39 is 0 Å². The Bertz CT molecular complexity index is 1210. The Morgan fingerprint density at radius 3 is 2.60 bits per heavy atom. The number of piperazine rings is 1. The lowest BCUT2D eigenvalue weighted by molar-refractivity contribution is 0.104. The molecule has 1 aliphatic heterocycles. The third kappa shape index (κ3) is 3.44. The van der Waals surface area contributed by atoms with Crippen molar-refractivity contribution in [1.29, 1.82) is 0 Å². The summed E-state index contributed by atoms with van der Waals surface area (Å²) in [6, 6.07) is 11.5. The number of nitrogens with one attached hydrogen (secondary N) is 2. The van der Waals surface area contributed by atoms with Crippen LogP contribution in [0.3, 0.4) is 0 Å². The molecule has 6 nitrogen and oxygen atoms in total. The van der Waals surface area contributed by atoms with Crippen LogP contribution in [0.15, 0.2) is 61.1 Å². The largest absolute Gasteiger partial charge is 0.354 e. The van der Waals surface area contributed by atoms with E-state index >= 15 is 0 Å². The molecule has 7 heteroatoms. The molecule has 1 saturated heterocycles. The Morgan fingerprint density at radius 1 is 1.00 bits per heavy atom. The number of hydrogen-bond donors (Lipinski definition) is 2. The van der Waals surface area contributed by atoms with Gasteiger partial charge in [-0.05, 0) is 48.0 Å². The van der Waals surface area contributed by atoms with Gasteiger partial charge in [0.25, 0.3) is 0 Å². The minimum Gasteiger partial charge on any atom is -0.354 e. The van der Waals surface area contributed by atoms with Crippen molar-refractivity contribution in [3.05, 3.63) is 78.0 Å². The Morgan fingerprint density at radius 2 is 1.80 bits per heavy atom. The maximum atomic E-state index is 13.2. The van der Waals surface area contributed by atoms with Gasteiger partial charge >= 0.3 is 0 Å². The van der Waals surface area contributed by atoms with E-state index in [4.69, 9.17) is 0 Å². The van der Waals surface area contributed by atoms with Crippen molar-refractivity contribution < 1.29 is 9.18 Å². The first-order valence-corrected chi connectivity index (χ1v) is 9.88. The van der Waals surface area contributed by atoms with E-state index in [1.165, 1.54) is 24.3 Å². The van der Waals surface area contributed by atoms with Gasteiger partial charge in [0, 0.05) is 66.8 Å². The highest BCUT2D eigenvalue weighted by Crippen LogP contribution is 2.28. The molecule has 0 spiro atoms. The lowest BCUT2D eigenvalue weighted by Gasteiger charge is -2.28. The number of fused-ring (bicyclic) bond motifs is 1. The van der Waals surface area contributed by atoms with Crippen LogP contribution >= 0.6 is 0 Å². The second-order valence-electron chi connectivity index (χ2n) is 7.30. The lowest BCUT2D eigenvalue weighted by Crippen LogP contribution is -2.43. The summed E-state index contributed by atoms with van der Waals surface area (Å²) in [5.74, 6) is 0.398. The summed E-state index contributed by atoms with van der Waals surface area (Å²) in [7, 11) is 0. The molecule has 2 N–H and O–H groups in total. The predicted octanol–water partition coefficient (Wildman–Crippen LogP) is 3.40. The van der Waals surface area contributed by atoms with Crippen LogP contribution in [-0.2, 0) is 0 Å². The van der Waals surface area contributed by atoms with Crippen molar-refractivity contribution in [2.24, 2.45) is 0 Å². The highest BCUT2D eigenvalue weighted by atomic mass is 19.1. The molecule has 4 heterocycles. The Hall–Kier alpha value is -3.58. The molecule has 0 aliphatic carbocycles. The summed E-state index contributed by atoms with van der Waals surface area (Å²) in [6.45, 7) is 3.72. The normalized spacial score (nSPS) is 14.2. The van der Waals surface area contributed by atoms with Crippen LogP contribution in [0.2, 0.25) is 0 Å². The van der Waals surface area contributed by atoms with E-state index in [1.807, 2.05) is 12.1 Å². The minimum absolute atomic E-state index is 0.170. The smallest absolute Gasteiger partial charge is 0.195 e. The Labute approximate surface area is 172 Å². The third-order valence-corrected chi connectivity index (χ3v) is 5.40. The van der Waals surface area contributed by atoms with Crippen LogP contribution < -0.4 is 10.2 Å². The summed E-state index contributed by atoms with van der Waals surface area (Å²) in [5, 5.41) is 4.08. The van der Waals surface area contributed by atoms with Crippen molar-refractivity contribution in [1.82, 2.24) is 20.3 Å². The molecule has 3 aromatic heterocycles. The second-order valence-corrected chi connectivity index (χ2v) is 7.30. The van der Waals surface area contributed by atoms with Gasteiger partial charge < -0.3 is 15.2 Å². The van der Waals surface area contributed by atoms with Crippen molar-refractivity contribution in [2.75, 3.05) is 31.1 Å². The number of halogens is 1. The van der Waals surface area contributed by atoms with Gasteiger partial charge in [-0.25, -0.2) is 14.4 Å². The Balaban J connectivity index is 1.51. The zero-order chi connectivity index (χ0) is 20.5. The van der Waals surface area contributed by atoms with Crippen molar-refractivity contribution in [3.8, 4) is 11.1 Å². The number of aromatic amines is 1. The van der Waals surface area contributed by atoms with Crippen LogP contribution in [0.5, 0.6) is 0 Å². The first-order chi connectivity index (χ1) is 14.7. The van der Waals surface area contributed by atoms with E-state index in [2.05, 4.69) is 31.2 Å². The molecule has 0 atom stereocenters. The molecule has 1 fully saturated rings. The van der Waals surface area contributed by atoms with Crippen LogP contribution in [-0.4, -0.2) is 46.9 Å². The molecule has 1 aliphatic rings. The highest BCUT2D eigenvalue weighted by molar-refractivity contribution is 6.16. The first-order valence-electron chi connectivity index (χ1n) is 9.88. The second kappa shape index (κ2) is 7.68. The molecule has 0 bridgehead atoms. The summed E-state index contributed by atoms with van der Waals surface area (Å²) in [6.07, 6.45) is 5.26. The first kappa shape index (κ1) is 18.4. The summed E-state index contributed by atoms with van der Waals surface area (Å²) >= 11 is 0. The standard InChI is InChI=1S/C23H20FN5O/c24-18-3-1-15(2-4-18)22(30)20-14-28-23-19(20)11-17(13-27-23)16-5-6-26-21(12-16)29-9-7-25-8-10-29/h1-6,11-14,25H,7-10H2,(H,27,28). The molecular formula is C23H20FN5O. The molecule has 0 radical (unpaired) electrons. The lowest BCUT2D eigenvalue weighted by atomic mass is 10.0. The number of ketones is 1. The molecule has 30 heavy (non-hydrogen) atoms. The van der Waals surface area contributed by atoms with Gasteiger partial charge in [-0.2, -0.15) is 0 Å². The predicted molar refractivity (Wildman–Crippen MR) is 114 cm³/mol. The van der Waals surface area contributed by atoms with Crippen molar-refractivity contribution >= 4 is 22.6 Å². The summed E-state index contributed by atoms with van der Waals surface area (Å²) in [4.78, 5) is 27.3. The maximum absolute atomic E-state index is 13.2. The monoisotopic (exact) mass is 401 g/mol. The molecule has 4 aromatic rings. The van der Waals surface area contributed by atoms with Crippen LogP contribution in [0.1, 0.15) is 15.9 Å². The van der Waals surface area contributed by atoms with Gasteiger partial charge in [-0.1, -0.05) is 0 Å². The minimum atomic E-state index is -0.368. The number of aromatic nitrogens is 3. The average Bonchev–Trinajstić information content (AvgIpc) is 3.23. The highest BCUT2D eigenvalue weighted by Gasteiger charge is 2.17. The molecule has 1 aromatic carbocycles. The van der Waals surface area contributed by atoms with Crippen molar-refractivity contribution in [2.45, 2.75) is 0 Å². The Kier molecular flexibility index (Phi) is 4.72. The molecule has 0 saturated carbocycles. The maximum Gasteiger partial charge on any atom is 0.195 e. The fourth-order valence-electron chi connectivity index (χ4n) is 3.77. The molecule has 150 valence electrons. The van der Waals surface area contributed by atoms with Crippen LogP contribution in [0, 0.1) is 5.82 Å². The van der Waals surface area contributed by atoms with Crippen LogP contribution in [0.25, 0.3) is 22.2 Å². The van der Waals surface area contributed by atoms with Crippen LogP contribution in [0.4, 0.5) is 10.2 Å². The van der Waals surface area contributed by atoms with Gasteiger partial charge in [0.15, 0.2) is 5.78 Å². The van der Waals surface area contributed by atoms with E-state index in [9.17, 15) is 9.18 Å².